The van der Waals surface area contributed by atoms with E-state index in [1.807, 2.05) is 6.08 Å². The number of rotatable bonds is 4. The van der Waals surface area contributed by atoms with Crippen molar-refractivity contribution in [2.75, 3.05) is 0 Å². The van der Waals surface area contributed by atoms with Crippen LogP contribution in [-0.4, -0.2) is 18.5 Å². The van der Waals surface area contributed by atoms with Crippen LogP contribution in [0.1, 0.15) is 32.6 Å². The number of hydrogen-bond acceptors (Lipinski definition) is 2. The van der Waals surface area contributed by atoms with Crippen molar-refractivity contribution >= 4 is 6.29 Å². The van der Waals surface area contributed by atoms with Crippen LogP contribution in [0.2, 0.25) is 0 Å². The Labute approximate surface area is 73.6 Å². The van der Waals surface area contributed by atoms with Gasteiger partial charge < -0.3 is 9.53 Å². The maximum atomic E-state index is 10.2. The van der Waals surface area contributed by atoms with Crippen LogP contribution in [0.15, 0.2) is 12.2 Å². The number of aldehydes is 1. The summed E-state index contributed by atoms with van der Waals surface area (Å²) >= 11 is 0. The molecule has 0 fully saturated rings. The fraction of sp³-hybridized carbons (Fsp3) is 0.700. The Morgan fingerprint density at radius 3 is 3.17 bits per heavy atom. The van der Waals surface area contributed by atoms with Gasteiger partial charge in [0.15, 0.2) is 0 Å². The van der Waals surface area contributed by atoms with Crippen LogP contribution in [0.4, 0.5) is 0 Å². The maximum absolute atomic E-state index is 10.2. The number of hydrogen-bond donors (Lipinski definition) is 0. The molecule has 68 valence electrons. The van der Waals surface area contributed by atoms with E-state index in [-0.39, 0.29) is 6.10 Å². The average Bonchev–Trinajstić information content (AvgIpc) is 2.06. The van der Waals surface area contributed by atoms with Gasteiger partial charge in [0.25, 0.3) is 0 Å². The van der Waals surface area contributed by atoms with E-state index < -0.39 is 0 Å². The first-order valence-corrected chi connectivity index (χ1v) is 4.62. The molecule has 0 N–H and O–H groups in total. The van der Waals surface area contributed by atoms with Gasteiger partial charge in [0.1, 0.15) is 6.29 Å². The summed E-state index contributed by atoms with van der Waals surface area (Å²) < 4.78 is 5.65. The lowest BCUT2D eigenvalue weighted by molar-refractivity contribution is -0.110. The third-order valence-corrected chi connectivity index (χ3v) is 2.06. The SMILES string of the molecule is CCC[C@@H]1CC=C[C@@H](CC=O)O1. The lowest BCUT2D eigenvalue weighted by atomic mass is 10.1. The normalized spacial score (nSPS) is 28.8. The zero-order chi connectivity index (χ0) is 8.81. The largest absolute Gasteiger partial charge is 0.370 e. The molecule has 0 saturated carbocycles. The molecule has 0 amide bonds. The summed E-state index contributed by atoms with van der Waals surface area (Å²) in [5.41, 5.74) is 0. The van der Waals surface area contributed by atoms with Gasteiger partial charge in [-0.05, 0) is 12.8 Å². The molecular formula is C10H16O2. The van der Waals surface area contributed by atoms with E-state index in [1.54, 1.807) is 0 Å². The van der Waals surface area contributed by atoms with Gasteiger partial charge in [-0.15, -0.1) is 0 Å². The molecule has 0 aliphatic carbocycles. The van der Waals surface area contributed by atoms with E-state index in [0.717, 1.165) is 25.5 Å². The molecule has 1 aliphatic heterocycles. The minimum atomic E-state index is 0.0350. The molecule has 0 aromatic heterocycles. The van der Waals surface area contributed by atoms with E-state index in [2.05, 4.69) is 13.0 Å². The summed E-state index contributed by atoms with van der Waals surface area (Å²) in [6.45, 7) is 2.15. The van der Waals surface area contributed by atoms with Gasteiger partial charge in [0.05, 0.1) is 12.2 Å². The molecule has 2 heteroatoms. The molecule has 0 aromatic rings. The van der Waals surface area contributed by atoms with Crippen LogP contribution in [0, 0.1) is 0 Å². The second-order valence-corrected chi connectivity index (χ2v) is 3.15. The van der Waals surface area contributed by atoms with Gasteiger partial charge in [-0.25, -0.2) is 0 Å². The molecule has 0 spiro atoms. The lowest BCUT2D eigenvalue weighted by Gasteiger charge is -2.24. The molecule has 1 heterocycles. The zero-order valence-corrected chi connectivity index (χ0v) is 7.53. The van der Waals surface area contributed by atoms with E-state index in [9.17, 15) is 4.79 Å². The molecular weight excluding hydrogens is 152 g/mol. The highest BCUT2D eigenvalue weighted by atomic mass is 16.5. The van der Waals surface area contributed by atoms with Crippen LogP contribution in [0.5, 0.6) is 0 Å². The second-order valence-electron chi connectivity index (χ2n) is 3.15. The van der Waals surface area contributed by atoms with Crippen LogP contribution in [0.3, 0.4) is 0 Å². The molecule has 0 aromatic carbocycles. The van der Waals surface area contributed by atoms with Gasteiger partial charge in [-0.2, -0.15) is 0 Å². The van der Waals surface area contributed by atoms with Crippen LogP contribution in [-0.2, 0) is 9.53 Å². The van der Waals surface area contributed by atoms with E-state index in [1.165, 1.54) is 0 Å². The Hall–Kier alpha value is -0.630. The van der Waals surface area contributed by atoms with Gasteiger partial charge in [-0.1, -0.05) is 25.5 Å². The lowest BCUT2D eigenvalue weighted by Crippen LogP contribution is -2.24. The van der Waals surface area contributed by atoms with E-state index in [4.69, 9.17) is 4.74 Å². The highest BCUT2D eigenvalue weighted by molar-refractivity contribution is 5.50. The Morgan fingerprint density at radius 1 is 1.67 bits per heavy atom. The maximum Gasteiger partial charge on any atom is 0.122 e. The number of ether oxygens (including phenoxy) is 1. The molecule has 0 unspecified atom stereocenters. The molecule has 0 bridgehead atoms. The Bertz CT molecular complexity index is 163. The number of carbonyl (C=O) groups is 1. The Morgan fingerprint density at radius 2 is 2.50 bits per heavy atom. The third-order valence-electron chi connectivity index (χ3n) is 2.06. The van der Waals surface area contributed by atoms with Crippen LogP contribution in [0.25, 0.3) is 0 Å². The predicted molar refractivity (Wildman–Crippen MR) is 48.0 cm³/mol. The van der Waals surface area contributed by atoms with Crippen molar-refractivity contribution in [1.29, 1.82) is 0 Å². The third kappa shape index (κ3) is 2.78. The van der Waals surface area contributed by atoms with Crippen LogP contribution < -0.4 is 0 Å². The summed E-state index contributed by atoms with van der Waals surface area (Å²) in [6, 6.07) is 0. The minimum absolute atomic E-state index is 0.0350. The molecule has 0 saturated heterocycles. The van der Waals surface area contributed by atoms with Gasteiger partial charge in [0.2, 0.25) is 0 Å². The number of carbonyl (C=O) groups excluding carboxylic acids is 1. The summed E-state index contributed by atoms with van der Waals surface area (Å²) in [5, 5.41) is 0. The van der Waals surface area contributed by atoms with Crippen molar-refractivity contribution in [2.24, 2.45) is 0 Å². The van der Waals surface area contributed by atoms with E-state index in [0.29, 0.717) is 12.5 Å². The topological polar surface area (TPSA) is 26.3 Å². The average molecular weight is 168 g/mol. The van der Waals surface area contributed by atoms with Crippen molar-refractivity contribution in [1.82, 2.24) is 0 Å². The Balaban J connectivity index is 2.34. The van der Waals surface area contributed by atoms with Crippen molar-refractivity contribution in [3.63, 3.8) is 0 Å². The quantitative estimate of drug-likeness (QED) is 0.474. The Kier molecular flexibility index (Phi) is 4.01. The minimum Gasteiger partial charge on any atom is -0.370 e. The summed E-state index contributed by atoms with van der Waals surface area (Å²) in [5.74, 6) is 0. The van der Waals surface area contributed by atoms with Gasteiger partial charge in [0, 0.05) is 6.42 Å². The molecule has 12 heavy (non-hydrogen) atoms. The standard InChI is InChI=1S/C10H16O2/c1-2-4-9-5-3-6-10(12-9)7-8-11/h3,6,8-10H,2,4-5,7H2,1H3/t9-,10+/m1/s1. The fourth-order valence-electron chi connectivity index (χ4n) is 1.47. The van der Waals surface area contributed by atoms with Crippen molar-refractivity contribution in [3.8, 4) is 0 Å². The summed E-state index contributed by atoms with van der Waals surface area (Å²) in [6.07, 6.45) is 9.14. The second kappa shape index (κ2) is 5.09. The molecule has 2 nitrogen and oxygen atoms in total. The molecule has 0 radical (unpaired) electrons. The van der Waals surface area contributed by atoms with Gasteiger partial charge >= 0.3 is 0 Å². The fourth-order valence-corrected chi connectivity index (χ4v) is 1.47. The molecule has 1 rings (SSSR count). The smallest absolute Gasteiger partial charge is 0.122 e. The van der Waals surface area contributed by atoms with Crippen molar-refractivity contribution in [3.05, 3.63) is 12.2 Å². The van der Waals surface area contributed by atoms with Crippen LogP contribution >= 0.6 is 0 Å². The summed E-state index contributed by atoms with van der Waals surface area (Å²) in [7, 11) is 0. The monoisotopic (exact) mass is 168 g/mol. The highest BCUT2D eigenvalue weighted by Gasteiger charge is 2.16. The first-order chi connectivity index (χ1) is 5.86. The predicted octanol–water partition coefficient (Wildman–Crippen LogP) is 2.09. The van der Waals surface area contributed by atoms with E-state index >= 15 is 0 Å². The highest BCUT2D eigenvalue weighted by Crippen LogP contribution is 2.17. The first-order valence-electron chi connectivity index (χ1n) is 4.62. The zero-order valence-electron chi connectivity index (χ0n) is 7.53. The van der Waals surface area contributed by atoms with Gasteiger partial charge in [-0.3, -0.25) is 0 Å². The summed E-state index contributed by atoms with van der Waals surface area (Å²) in [4.78, 5) is 10.2. The van der Waals surface area contributed by atoms with Crippen molar-refractivity contribution in [2.45, 2.75) is 44.8 Å². The van der Waals surface area contributed by atoms with Crippen molar-refractivity contribution < 1.29 is 9.53 Å². The molecule has 2 atom stereocenters. The first kappa shape index (κ1) is 9.46. The molecule has 1 aliphatic rings.